The fourth-order valence-electron chi connectivity index (χ4n) is 4.16. The molecule has 0 saturated heterocycles. The normalized spacial score (nSPS) is 12.4. The first-order valence-electron chi connectivity index (χ1n) is 9.19. The zero-order valence-electron chi connectivity index (χ0n) is 16.1. The van der Waals surface area contributed by atoms with Gasteiger partial charge >= 0.3 is 26.2 Å². The fourth-order valence-corrected chi connectivity index (χ4v) is 6.17. The van der Waals surface area contributed by atoms with Crippen LogP contribution in [0.2, 0.25) is 6.55 Å². The third-order valence-corrected chi connectivity index (χ3v) is 7.92. The van der Waals surface area contributed by atoms with E-state index in [1.165, 1.54) is 43.1 Å². The van der Waals surface area contributed by atoms with Crippen molar-refractivity contribution in [3.8, 4) is 0 Å². The van der Waals surface area contributed by atoms with Gasteiger partial charge in [0.05, 0.1) is 0 Å². The van der Waals surface area contributed by atoms with E-state index in [2.05, 4.69) is 97.6 Å². The van der Waals surface area contributed by atoms with Crippen molar-refractivity contribution in [2.45, 2.75) is 13.0 Å². The SMILES string of the molecule is C[Si](c1ccccc1)c1ccc2c([cH-]c3ccccc32)c1C1=CC=CC1.[Cl-].[Cl-].[Zr+3]. The average molecular weight is 511 g/mol. The van der Waals surface area contributed by atoms with E-state index >= 15 is 0 Å². The molecule has 142 valence electrons. The van der Waals surface area contributed by atoms with Crippen molar-refractivity contribution < 1.29 is 51.0 Å². The largest absolute Gasteiger partial charge is 3.00 e. The summed E-state index contributed by atoms with van der Waals surface area (Å²) in [4.78, 5) is 0. The molecule has 0 heterocycles. The Labute approximate surface area is 205 Å². The Morgan fingerprint density at radius 1 is 0.828 bits per heavy atom. The maximum Gasteiger partial charge on any atom is 3.00 e. The standard InChI is InChI=1S/C25H20Si.2ClH.Zr/c1-26(20-12-3-2-4-13-20)24-16-15-22-21-14-8-7-11-19(21)17-23(22)25(24)18-9-5-6-10-18;;;/h2-9,11-17H,10H2,1H3;2*1H;/q-1;;;+3/p-2. The van der Waals surface area contributed by atoms with Crippen LogP contribution in [0.25, 0.3) is 27.1 Å². The van der Waals surface area contributed by atoms with Crippen LogP contribution in [0.5, 0.6) is 0 Å². The molecule has 4 heteroatoms. The van der Waals surface area contributed by atoms with Crippen LogP contribution in [0.15, 0.2) is 91.0 Å². The average Bonchev–Trinajstić information content (AvgIpc) is 3.35. The van der Waals surface area contributed by atoms with Gasteiger partial charge in [0.15, 0.2) is 0 Å². The van der Waals surface area contributed by atoms with Gasteiger partial charge in [-0.3, -0.25) is 0 Å². The molecular formula is C25H20Cl2SiZr. The Kier molecular flexibility index (Phi) is 8.37. The van der Waals surface area contributed by atoms with Crippen molar-refractivity contribution in [3.63, 3.8) is 0 Å². The topological polar surface area (TPSA) is 0 Å². The first-order valence-corrected chi connectivity index (χ1v) is 11.2. The molecule has 0 aliphatic heterocycles. The molecule has 5 rings (SSSR count). The van der Waals surface area contributed by atoms with Gasteiger partial charge in [-0.2, -0.15) is 0 Å². The van der Waals surface area contributed by atoms with Gasteiger partial charge in [-0.1, -0.05) is 107 Å². The van der Waals surface area contributed by atoms with Gasteiger partial charge in [-0.15, -0.1) is 33.7 Å². The second kappa shape index (κ2) is 10.1. The van der Waals surface area contributed by atoms with Crippen molar-refractivity contribution in [1.29, 1.82) is 0 Å². The number of benzene rings is 3. The summed E-state index contributed by atoms with van der Waals surface area (Å²) in [6.07, 6.45) is 7.81. The Balaban J connectivity index is 0.000001000. The van der Waals surface area contributed by atoms with E-state index in [4.69, 9.17) is 0 Å². The smallest absolute Gasteiger partial charge is 1.00 e. The minimum absolute atomic E-state index is 0. The Hall–Kier alpha value is -1.31. The van der Waals surface area contributed by atoms with Crippen molar-refractivity contribution in [3.05, 3.63) is 96.6 Å². The van der Waals surface area contributed by atoms with Crippen molar-refractivity contribution in [2.75, 3.05) is 0 Å². The molecule has 1 aliphatic carbocycles. The van der Waals surface area contributed by atoms with E-state index in [0.717, 1.165) is 6.42 Å². The van der Waals surface area contributed by atoms with Crippen LogP contribution in [0, 0.1) is 0 Å². The molecule has 0 aromatic heterocycles. The number of fused-ring (bicyclic) bond motifs is 3. The van der Waals surface area contributed by atoms with E-state index < -0.39 is 8.80 Å². The molecular weight excluding hydrogens is 490 g/mol. The molecule has 1 aliphatic rings. The monoisotopic (exact) mass is 508 g/mol. The molecule has 0 unspecified atom stereocenters. The van der Waals surface area contributed by atoms with Gasteiger partial charge in [0.1, 0.15) is 8.80 Å². The summed E-state index contributed by atoms with van der Waals surface area (Å²) in [6.45, 7) is 2.43. The minimum atomic E-state index is -0.807. The van der Waals surface area contributed by atoms with Crippen LogP contribution >= 0.6 is 0 Å². The van der Waals surface area contributed by atoms with Crippen molar-refractivity contribution in [1.82, 2.24) is 0 Å². The predicted molar refractivity (Wildman–Crippen MR) is 116 cm³/mol. The molecule has 4 aromatic rings. The molecule has 0 amide bonds. The maximum absolute atomic E-state index is 2.43. The number of allylic oxidation sites excluding steroid dienone is 4. The third kappa shape index (κ3) is 4.28. The van der Waals surface area contributed by atoms with E-state index in [1.54, 1.807) is 0 Å². The first kappa shape index (κ1) is 24.0. The molecule has 0 N–H and O–H groups in total. The van der Waals surface area contributed by atoms with E-state index in [-0.39, 0.29) is 51.0 Å². The predicted octanol–water partition coefficient (Wildman–Crippen LogP) is -0.700. The number of hydrogen-bond donors (Lipinski definition) is 0. The Bertz CT molecular complexity index is 1180. The second-order valence-electron chi connectivity index (χ2n) is 7.00. The number of halogens is 2. The summed E-state index contributed by atoms with van der Waals surface area (Å²) in [7, 11) is -0.807. The fraction of sp³-hybridized carbons (Fsp3) is 0.0800. The van der Waals surface area contributed by atoms with Crippen LogP contribution in [0.3, 0.4) is 0 Å². The summed E-state index contributed by atoms with van der Waals surface area (Å²) >= 11 is 0. The zero-order valence-corrected chi connectivity index (χ0v) is 21.1. The molecule has 2 radical (unpaired) electrons. The van der Waals surface area contributed by atoms with E-state index in [0.29, 0.717) is 0 Å². The van der Waals surface area contributed by atoms with Crippen LogP contribution in [0.4, 0.5) is 0 Å². The third-order valence-electron chi connectivity index (χ3n) is 5.50. The first-order chi connectivity index (χ1) is 12.8. The van der Waals surface area contributed by atoms with Gasteiger partial charge in [0, 0.05) is 0 Å². The molecule has 0 bridgehead atoms. The Morgan fingerprint density at radius 2 is 1.55 bits per heavy atom. The van der Waals surface area contributed by atoms with Crippen LogP contribution < -0.4 is 35.2 Å². The molecule has 0 atom stereocenters. The molecule has 0 saturated carbocycles. The van der Waals surface area contributed by atoms with Crippen molar-refractivity contribution >= 4 is 46.3 Å². The molecule has 0 spiro atoms. The molecule has 29 heavy (non-hydrogen) atoms. The van der Waals surface area contributed by atoms with Gasteiger partial charge in [0.25, 0.3) is 0 Å². The van der Waals surface area contributed by atoms with Gasteiger partial charge in [0.2, 0.25) is 0 Å². The summed E-state index contributed by atoms with van der Waals surface area (Å²) < 4.78 is 0. The van der Waals surface area contributed by atoms with Gasteiger partial charge in [-0.25, -0.2) is 0 Å². The van der Waals surface area contributed by atoms with E-state index in [9.17, 15) is 0 Å². The summed E-state index contributed by atoms with van der Waals surface area (Å²) in [5.41, 5.74) is 2.94. The molecule has 0 fully saturated rings. The quantitative estimate of drug-likeness (QED) is 0.253. The summed E-state index contributed by atoms with van der Waals surface area (Å²) in [5, 5.41) is 8.51. The summed E-state index contributed by atoms with van der Waals surface area (Å²) in [6, 6.07) is 26.9. The summed E-state index contributed by atoms with van der Waals surface area (Å²) in [5.74, 6) is 0. The number of rotatable bonds is 3. The van der Waals surface area contributed by atoms with Crippen molar-refractivity contribution in [2.24, 2.45) is 0 Å². The second-order valence-corrected chi connectivity index (χ2v) is 9.36. The van der Waals surface area contributed by atoms with Gasteiger partial charge < -0.3 is 24.8 Å². The number of hydrogen-bond acceptors (Lipinski definition) is 0. The van der Waals surface area contributed by atoms with Gasteiger partial charge in [-0.05, 0) is 6.42 Å². The molecule has 4 aromatic carbocycles. The zero-order chi connectivity index (χ0) is 17.5. The van der Waals surface area contributed by atoms with Crippen LogP contribution in [-0.2, 0) is 26.2 Å². The van der Waals surface area contributed by atoms with E-state index in [1.807, 2.05) is 0 Å². The minimum Gasteiger partial charge on any atom is -1.00 e. The maximum atomic E-state index is 2.43. The Morgan fingerprint density at radius 3 is 2.28 bits per heavy atom. The van der Waals surface area contributed by atoms with Crippen LogP contribution in [-0.4, -0.2) is 8.80 Å². The van der Waals surface area contributed by atoms with Crippen LogP contribution in [0.1, 0.15) is 12.0 Å². The molecule has 0 nitrogen and oxygen atoms in total.